The Hall–Kier alpha value is -1.59. The standard InChI is InChI=1S/C10H7Cl2FN4/c11-5-1-6(13)3-7(2-5)17-10-8(14)9(12)15-4-16-10/h1-4H,14H2,(H,15,16,17). The third-order valence-corrected chi connectivity index (χ3v) is 2.48. The van der Waals surface area contributed by atoms with Crippen molar-refractivity contribution in [3.8, 4) is 0 Å². The molecule has 4 nitrogen and oxygen atoms in total. The summed E-state index contributed by atoms with van der Waals surface area (Å²) < 4.78 is 13.1. The summed E-state index contributed by atoms with van der Waals surface area (Å²) in [5.41, 5.74) is 6.28. The van der Waals surface area contributed by atoms with Gasteiger partial charge < -0.3 is 11.1 Å². The molecule has 1 aromatic heterocycles. The molecule has 0 fully saturated rings. The molecular weight excluding hydrogens is 266 g/mol. The highest BCUT2D eigenvalue weighted by Gasteiger charge is 2.07. The lowest BCUT2D eigenvalue weighted by atomic mass is 10.3. The maximum Gasteiger partial charge on any atom is 0.158 e. The van der Waals surface area contributed by atoms with E-state index in [0.717, 1.165) is 0 Å². The Bertz CT molecular complexity index is 542. The molecule has 2 aromatic rings. The highest BCUT2D eigenvalue weighted by atomic mass is 35.5. The Morgan fingerprint density at radius 1 is 1.18 bits per heavy atom. The third kappa shape index (κ3) is 2.75. The van der Waals surface area contributed by atoms with E-state index in [-0.39, 0.29) is 15.9 Å². The van der Waals surface area contributed by atoms with E-state index in [1.54, 1.807) is 6.07 Å². The first-order chi connectivity index (χ1) is 8.06. The lowest BCUT2D eigenvalue weighted by Crippen LogP contribution is -2.01. The number of nitrogen functional groups attached to an aromatic ring is 1. The highest BCUT2D eigenvalue weighted by Crippen LogP contribution is 2.27. The van der Waals surface area contributed by atoms with E-state index in [4.69, 9.17) is 28.9 Å². The van der Waals surface area contributed by atoms with Crippen LogP contribution in [0.15, 0.2) is 24.5 Å². The number of nitrogens with two attached hydrogens (primary N) is 1. The fourth-order valence-corrected chi connectivity index (χ4v) is 1.59. The van der Waals surface area contributed by atoms with Gasteiger partial charge in [0.05, 0.1) is 0 Å². The number of rotatable bonds is 2. The Balaban J connectivity index is 2.34. The van der Waals surface area contributed by atoms with Crippen molar-refractivity contribution in [1.29, 1.82) is 0 Å². The summed E-state index contributed by atoms with van der Waals surface area (Å²) in [6.45, 7) is 0. The van der Waals surface area contributed by atoms with Gasteiger partial charge in [-0.2, -0.15) is 0 Å². The molecule has 0 aliphatic heterocycles. The largest absolute Gasteiger partial charge is 0.393 e. The van der Waals surface area contributed by atoms with Gasteiger partial charge in [0.25, 0.3) is 0 Å². The van der Waals surface area contributed by atoms with Crippen LogP contribution in [0.5, 0.6) is 0 Å². The van der Waals surface area contributed by atoms with Gasteiger partial charge in [0.2, 0.25) is 0 Å². The van der Waals surface area contributed by atoms with Crippen molar-refractivity contribution >= 4 is 40.4 Å². The molecule has 1 heterocycles. The summed E-state index contributed by atoms with van der Waals surface area (Å²) in [6, 6.07) is 4.00. The molecule has 0 aliphatic rings. The van der Waals surface area contributed by atoms with Crippen LogP contribution < -0.4 is 11.1 Å². The molecule has 0 radical (unpaired) electrons. The van der Waals surface area contributed by atoms with E-state index in [9.17, 15) is 4.39 Å². The lowest BCUT2D eigenvalue weighted by molar-refractivity contribution is 0.628. The quantitative estimate of drug-likeness (QED) is 0.824. The number of nitrogens with one attached hydrogen (secondary N) is 1. The average molecular weight is 273 g/mol. The second-order valence-corrected chi connectivity index (χ2v) is 4.00. The minimum absolute atomic E-state index is 0.130. The van der Waals surface area contributed by atoms with Crippen LogP contribution in [0, 0.1) is 5.82 Å². The van der Waals surface area contributed by atoms with Crippen LogP contribution in [0.1, 0.15) is 0 Å². The first-order valence-electron chi connectivity index (χ1n) is 4.55. The topological polar surface area (TPSA) is 63.8 Å². The van der Waals surface area contributed by atoms with Crippen molar-refractivity contribution in [2.45, 2.75) is 0 Å². The number of benzene rings is 1. The van der Waals surface area contributed by atoms with Crippen LogP contribution in [-0.2, 0) is 0 Å². The minimum atomic E-state index is -0.460. The Labute approximate surface area is 107 Å². The predicted octanol–water partition coefficient (Wildman–Crippen LogP) is 3.25. The molecule has 0 amide bonds. The lowest BCUT2D eigenvalue weighted by Gasteiger charge is -2.08. The van der Waals surface area contributed by atoms with Crippen LogP contribution in [-0.4, -0.2) is 9.97 Å². The summed E-state index contributed by atoms with van der Waals surface area (Å²) in [5, 5.41) is 3.21. The number of hydrogen-bond donors (Lipinski definition) is 2. The summed E-state index contributed by atoms with van der Waals surface area (Å²) in [6.07, 6.45) is 1.25. The molecule has 1 aromatic carbocycles. The average Bonchev–Trinajstić information content (AvgIpc) is 2.23. The van der Waals surface area contributed by atoms with Gasteiger partial charge in [-0.05, 0) is 18.2 Å². The molecule has 0 saturated carbocycles. The maximum atomic E-state index is 13.1. The molecule has 0 saturated heterocycles. The molecule has 88 valence electrons. The first-order valence-corrected chi connectivity index (χ1v) is 5.31. The minimum Gasteiger partial charge on any atom is -0.393 e. The van der Waals surface area contributed by atoms with Gasteiger partial charge in [-0.15, -0.1) is 0 Å². The molecule has 2 rings (SSSR count). The highest BCUT2D eigenvalue weighted by molar-refractivity contribution is 6.32. The third-order valence-electron chi connectivity index (χ3n) is 1.96. The van der Waals surface area contributed by atoms with Crippen LogP contribution in [0.4, 0.5) is 21.6 Å². The molecule has 0 aliphatic carbocycles. The number of hydrogen-bond acceptors (Lipinski definition) is 4. The van der Waals surface area contributed by atoms with Crippen molar-refractivity contribution in [2.75, 3.05) is 11.1 Å². The van der Waals surface area contributed by atoms with E-state index in [2.05, 4.69) is 15.3 Å². The SMILES string of the molecule is Nc1c(Cl)ncnc1Nc1cc(F)cc(Cl)c1. The van der Waals surface area contributed by atoms with Gasteiger partial charge in [0.1, 0.15) is 17.8 Å². The van der Waals surface area contributed by atoms with Gasteiger partial charge in [-0.3, -0.25) is 0 Å². The zero-order chi connectivity index (χ0) is 12.4. The molecule has 7 heteroatoms. The van der Waals surface area contributed by atoms with Gasteiger partial charge in [-0.25, -0.2) is 14.4 Å². The first kappa shape index (κ1) is 11.9. The maximum absolute atomic E-state index is 13.1. The van der Waals surface area contributed by atoms with Gasteiger partial charge in [-0.1, -0.05) is 23.2 Å². The van der Waals surface area contributed by atoms with E-state index in [0.29, 0.717) is 11.5 Å². The van der Waals surface area contributed by atoms with Crippen molar-refractivity contribution in [3.05, 3.63) is 40.5 Å². The van der Waals surface area contributed by atoms with Gasteiger partial charge in [0.15, 0.2) is 11.0 Å². The number of aromatic nitrogens is 2. The van der Waals surface area contributed by atoms with Crippen LogP contribution in [0.2, 0.25) is 10.2 Å². The fraction of sp³-hybridized carbons (Fsp3) is 0. The molecule has 0 unspecified atom stereocenters. The summed E-state index contributed by atoms with van der Waals surface area (Å²) in [7, 11) is 0. The summed E-state index contributed by atoms with van der Waals surface area (Å²) in [4.78, 5) is 7.60. The van der Waals surface area contributed by atoms with Crippen molar-refractivity contribution < 1.29 is 4.39 Å². The van der Waals surface area contributed by atoms with Crippen LogP contribution in [0.25, 0.3) is 0 Å². The van der Waals surface area contributed by atoms with Crippen LogP contribution >= 0.6 is 23.2 Å². The van der Waals surface area contributed by atoms with E-state index >= 15 is 0 Å². The van der Waals surface area contributed by atoms with E-state index < -0.39 is 5.82 Å². The monoisotopic (exact) mass is 272 g/mol. The molecule has 0 atom stereocenters. The summed E-state index contributed by atoms with van der Waals surface area (Å²) >= 11 is 11.4. The zero-order valence-corrected chi connectivity index (χ0v) is 9.93. The molecule has 17 heavy (non-hydrogen) atoms. The Morgan fingerprint density at radius 3 is 2.65 bits per heavy atom. The zero-order valence-electron chi connectivity index (χ0n) is 8.42. The molecule has 0 spiro atoms. The van der Waals surface area contributed by atoms with Gasteiger partial charge in [0, 0.05) is 10.7 Å². The molecular formula is C10H7Cl2FN4. The number of nitrogens with zero attached hydrogens (tertiary/aromatic N) is 2. The Morgan fingerprint density at radius 2 is 1.94 bits per heavy atom. The smallest absolute Gasteiger partial charge is 0.158 e. The summed E-state index contributed by atoms with van der Waals surface area (Å²) in [5.74, 6) is -0.162. The van der Waals surface area contributed by atoms with Gasteiger partial charge >= 0.3 is 0 Å². The second kappa shape index (κ2) is 4.73. The number of halogens is 3. The molecule has 3 N–H and O–H groups in total. The van der Waals surface area contributed by atoms with E-state index in [1.165, 1.54) is 18.5 Å². The predicted molar refractivity (Wildman–Crippen MR) is 66.1 cm³/mol. The van der Waals surface area contributed by atoms with Crippen molar-refractivity contribution in [1.82, 2.24) is 9.97 Å². The Kier molecular flexibility index (Phi) is 3.31. The van der Waals surface area contributed by atoms with Crippen molar-refractivity contribution in [2.24, 2.45) is 0 Å². The van der Waals surface area contributed by atoms with Crippen LogP contribution in [0.3, 0.4) is 0 Å². The fourth-order valence-electron chi connectivity index (χ4n) is 1.24. The number of anilines is 3. The van der Waals surface area contributed by atoms with Crippen molar-refractivity contribution in [3.63, 3.8) is 0 Å². The molecule has 0 bridgehead atoms. The van der Waals surface area contributed by atoms with E-state index in [1.807, 2.05) is 0 Å². The second-order valence-electron chi connectivity index (χ2n) is 3.21. The normalized spacial score (nSPS) is 10.3.